The fourth-order valence-electron chi connectivity index (χ4n) is 1.97. The van der Waals surface area contributed by atoms with Crippen LogP contribution in [0.1, 0.15) is 51.9 Å². The van der Waals surface area contributed by atoms with E-state index in [-0.39, 0.29) is 6.03 Å². The summed E-state index contributed by atoms with van der Waals surface area (Å²) < 4.78 is 0. The molecule has 0 bridgehead atoms. The Morgan fingerprint density at radius 3 is 2.53 bits per heavy atom. The summed E-state index contributed by atoms with van der Waals surface area (Å²) >= 11 is 0. The molecule has 0 aromatic rings. The third-order valence-corrected chi connectivity index (χ3v) is 3.43. The fraction of sp³-hybridized carbons (Fsp3) is 0.917. The van der Waals surface area contributed by atoms with Gasteiger partial charge in [-0.15, -0.1) is 0 Å². The predicted molar refractivity (Wildman–Crippen MR) is 60.8 cm³/mol. The van der Waals surface area contributed by atoms with Crippen LogP contribution in [-0.4, -0.2) is 29.6 Å². The number of hydrogen-bond acceptors (Lipinski definition) is 1. The summed E-state index contributed by atoms with van der Waals surface area (Å²) in [5.41, 5.74) is 0. The lowest BCUT2D eigenvalue weighted by atomic mass is 9.93. The lowest BCUT2D eigenvalue weighted by molar-refractivity contribution is 0.182. The Balaban J connectivity index is 1.77. The van der Waals surface area contributed by atoms with Gasteiger partial charge >= 0.3 is 6.03 Å². The number of nitrogens with one attached hydrogen (secondary N) is 1. The van der Waals surface area contributed by atoms with Crippen LogP contribution in [0.3, 0.4) is 0 Å². The lowest BCUT2D eigenvalue weighted by Gasteiger charge is -2.30. The highest BCUT2D eigenvalue weighted by atomic mass is 16.2. The highest BCUT2D eigenvalue weighted by molar-refractivity contribution is 5.75. The molecular formula is C12H22N2O. The van der Waals surface area contributed by atoms with E-state index in [1.54, 1.807) is 0 Å². The van der Waals surface area contributed by atoms with Gasteiger partial charge in [0.15, 0.2) is 0 Å². The molecule has 1 N–H and O–H groups in total. The van der Waals surface area contributed by atoms with Gasteiger partial charge in [-0.3, -0.25) is 0 Å². The minimum Gasteiger partial charge on any atom is -0.335 e. The maximum Gasteiger partial charge on any atom is 0.317 e. The molecule has 2 aliphatic carbocycles. The SMILES string of the molecule is CCCCN(C(=O)NC1CCC1)C1CC1. The smallest absolute Gasteiger partial charge is 0.317 e. The third-order valence-electron chi connectivity index (χ3n) is 3.43. The molecule has 15 heavy (non-hydrogen) atoms. The third kappa shape index (κ3) is 2.86. The van der Waals surface area contributed by atoms with Gasteiger partial charge < -0.3 is 10.2 Å². The summed E-state index contributed by atoms with van der Waals surface area (Å²) in [7, 11) is 0. The van der Waals surface area contributed by atoms with Gasteiger partial charge in [0.2, 0.25) is 0 Å². The van der Waals surface area contributed by atoms with Crippen LogP contribution in [0.15, 0.2) is 0 Å². The first kappa shape index (κ1) is 10.8. The molecule has 2 rings (SSSR count). The molecule has 2 saturated carbocycles. The van der Waals surface area contributed by atoms with Gasteiger partial charge in [-0.1, -0.05) is 13.3 Å². The number of nitrogens with zero attached hydrogens (tertiary/aromatic N) is 1. The zero-order chi connectivity index (χ0) is 10.7. The number of urea groups is 1. The topological polar surface area (TPSA) is 32.3 Å². The normalized spacial score (nSPS) is 20.9. The first-order chi connectivity index (χ1) is 7.31. The first-order valence-corrected chi connectivity index (χ1v) is 6.38. The highest BCUT2D eigenvalue weighted by Crippen LogP contribution is 2.28. The molecule has 0 radical (unpaired) electrons. The van der Waals surface area contributed by atoms with Crippen LogP contribution in [0.2, 0.25) is 0 Å². The van der Waals surface area contributed by atoms with Crippen LogP contribution in [0, 0.1) is 0 Å². The van der Waals surface area contributed by atoms with Crippen molar-refractivity contribution in [1.29, 1.82) is 0 Å². The molecule has 0 saturated heterocycles. The molecule has 0 aromatic heterocycles. The van der Waals surface area contributed by atoms with E-state index in [4.69, 9.17) is 0 Å². The van der Waals surface area contributed by atoms with Gasteiger partial charge in [0.25, 0.3) is 0 Å². The number of hydrogen-bond donors (Lipinski definition) is 1. The van der Waals surface area contributed by atoms with E-state index in [0.29, 0.717) is 12.1 Å². The lowest BCUT2D eigenvalue weighted by Crippen LogP contribution is -2.48. The summed E-state index contributed by atoms with van der Waals surface area (Å²) in [6.45, 7) is 3.12. The Labute approximate surface area is 92.2 Å². The van der Waals surface area contributed by atoms with Crippen LogP contribution < -0.4 is 5.32 Å². The van der Waals surface area contributed by atoms with E-state index >= 15 is 0 Å². The molecule has 86 valence electrons. The molecule has 2 fully saturated rings. The minimum absolute atomic E-state index is 0.190. The van der Waals surface area contributed by atoms with Gasteiger partial charge in [-0.2, -0.15) is 0 Å². The van der Waals surface area contributed by atoms with Crippen LogP contribution >= 0.6 is 0 Å². The summed E-state index contributed by atoms with van der Waals surface area (Å²) in [5.74, 6) is 0. The second-order valence-corrected chi connectivity index (χ2v) is 4.86. The maximum atomic E-state index is 11.9. The van der Waals surface area contributed by atoms with Crippen LogP contribution in [0.25, 0.3) is 0 Å². The van der Waals surface area contributed by atoms with E-state index < -0.39 is 0 Å². The molecule has 3 heteroatoms. The molecule has 0 spiro atoms. The number of amides is 2. The average molecular weight is 210 g/mol. The van der Waals surface area contributed by atoms with Crippen molar-refractivity contribution in [1.82, 2.24) is 10.2 Å². The number of carbonyl (C=O) groups excluding carboxylic acids is 1. The Kier molecular flexibility index (Phi) is 3.49. The van der Waals surface area contributed by atoms with Gasteiger partial charge in [-0.05, 0) is 38.5 Å². The molecule has 0 aliphatic heterocycles. The van der Waals surface area contributed by atoms with E-state index in [1.807, 2.05) is 0 Å². The van der Waals surface area contributed by atoms with E-state index in [1.165, 1.54) is 38.5 Å². The van der Waals surface area contributed by atoms with Crippen molar-refractivity contribution in [2.75, 3.05) is 6.54 Å². The standard InChI is InChI=1S/C12H22N2O/c1-2-3-9-14(11-7-8-11)12(15)13-10-5-4-6-10/h10-11H,2-9H2,1H3,(H,13,15). The van der Waals surface area contributed by atoms with Gasteiger partial charge in [0.1, 0.15) is 0 Å². The number of unbranched alkanes of at least 4 members (excludes halogenated alkanes) is 1. The van der Waals surface area contributed by atoms with E-state index in [9.17, 15) is 4.79 Å². The average Bonchev–Trinajstić information content (AvgIpc) is 2.96. The quantitative estimate of drug-likeness (QED) is 0.743. The Morgan fingerprint density at radius 1 is 1.33 bits per heavy atom. The number of rotatable bonds is 5. The van der Waals surface area contributed by atoms with Crippen molar-refractivity contribution in [2.24, 2.45) is 0 Å². The molecule has 2 amide bonds. The van der Waals surface area contributed by atoms with Crippen molar-refractivity contribution in [3.05, 3.63) is 0 Å². The predicted octanol–water partition coefficient (Wildman–Crippen LogP) is 2.51. The van der Waals surface area contributed by atoms with Gasteiger partial charge in [-0.25, -0.2) is 4.79 Å². The zero-order valence-corrected chi connectivity index (χ0v) is 9.67. The Hall–Kier alpha value is -0.730. The Morgan fingerprint density at radius 2 is 2.07 bits per heavy atom. The number of carbonyl (C=O) groups is 1. The highest BCUT2D eigenvalue weighted by Gasteiger charge is 2.33. The molecule has 3 nitrogen and oxygen atoms in total. The van der Waals surface area contributed by atoms with Crippen LogP contribution in [0.4, 0.5) is 4.79 Å². The molecule has 0 heterocycles. The largest absolute Gasteiger partial charge is 0.335 e. The van der Waals surface area contributed by atoms with Crippen molar-refractivity contribution >= 4 is 6.03 Å². The van der Waals surface area contributed by atoms with Crippen LogP contribution in [0.5, 0.6) is 0 Å². The second-order valence-electron chi connectivity index (χ2n) is 4.86. The first-order valence-electron chi connectivity index (χ1n) is 6.38. The molecule has 0 aromatic carbocycles. The van der Waals surface area contributed by atoms with Crippen molar-refractivity contribution in [3.63, 3.8) is 0 Å². The molecule has 0 atom stereocenters. The molecular weight excluding hydrogens is 188 g/mol. The van der Waals surface area contributed by atoms with E-state index in [0.717, 1.165) is 13.0 Å². The molecule has 2 aliphatic rings. The van der Waals surface area contributed by atoms with Gasteiger partial charge in [0, 0.05) is 18.6 Å². The summed E-state index contributed by atoms with van der Waals surface area (Å²) in [6.07, 6.45) is 8.36. The summed E-state index contributed by atoms with van der Waals surface area (Å²) in [4.78, 5) is 14.0. The minimum atomic E-state index is 0.190. The van der Waals surface area contributed by atoms with Crippen molar-refractivity contribution < 1.29 is 4.79 Å². The summed E-state index contributed by atoms with van der Waals surface area (Å²) in [5, 5.41) is 3.13. The Bertz CT molecular complexity index is 222. The summed E-state index contributed by atoms with van der Waals surface area (Å²) in [6, 6.07) is 1.22. The maximum absolute atomic E-state index is 11.9. The van der Waals surface area contributed by atoms with Crippen molar-refractivity contribution in [2.45, 2.75) is 64.0 Å². The van der Waals surface area contributed by atoms with Crippen molar-refractivity contribution in [3.8, 4) is 0 Å². The fourth-order valence-corrected chi connectivity index (χ4v) is 1.97. The zero-order valence-electron chi connectivity index (χ0n) is 9.67. The second kappa shape index (κ2) is 4.86. The van der Waals surface area contributed by atoms with Gasteiger partial charge in [0.05, 0.1) is 0 Å². The van der Waals surface area contributed by atoms with Crippen LogP contribution in [-0.2, 0) is 0 Å². The monoisotopic (exact) mass is 210 g/mol. The molecule has 0 unspecified atom stereocenters. The van der Waals surface area contributed by atoms with E-state index in [2.05, 4.69) is 17.1 Å².